The van der Waals surface area contributed by atoms with E-state index in [0.29, 0.717) is 28.3 Å². The molecule has 0 fully saturated rings. The molecular weight excluding hydrogens is 340 g/mol. The number of carbonyl (C=O) groups is 2. The second-order valence-electron chi connectivity index (χ2n) is 5.15. The molecule has 6 nitrogen and oxygen atoms in total. The molecule has 2 N–H and O–H groups in total. The van der Waals surface area contributed by atoms with E-state index in [-0.39, 0.29) is 10.9 Å². The summed E-state index contributed by atoms with van der Waals surface area (Å²) in [6.45, 7) is 1.48. The highest BCUT2D eigenvalue weighted by Gasteiger charge is 2.12. The highest BCUT2D eigenvalue weighted by atomic mass is 32.1. The molecule has 25 heavy (non-hydrogen) atoms. The van der Waals surface area contributed by atoms with Crippen molar-refractivity contribution in [2.24, 2.45) is 0 Å². The quantitative estimate of drug-likeness (QED) is 0.632. The highest BCUT2D eigenvalue weighted by molar-refractivity contribution is 7.80. The molecular formula is C18H18N2O4S. The lowest BCUT2D eigenvalue weighted by Crippen LogP contribution is -2.34. The average Bonchev–Trinajstić information content (AvgIpc) is 2.61. The zero-order valence-corrected chi connectivity index (χ0v) is 14.9. The highest BCUT2D eigenvalue weighted by Crippen LogP contribution is 2.22. The Morgan fingerprint density at radius 2 is 1.60 bits per heavy atom. The second-order valence-corrected chi connectivity index (χ2v) is 5.55. The number of hydrogen-bond donors (Lipinski definition) is 2. The second kappa shape index (κ2) is 8.25. The van der Waals surface area contributed by atoms with Gasteiger partial charge in [0.25, 0.3) is 5.91 Å². The van der Waals surface area contributed by atoms with Crippen LogP contribution >= 0.6 is 12.2 Å². The zero-order valence-electron chi connectivity index (χ0n) is 14.1. The SMILES string of the molecule is COc1cc(OC)cc(C(=O)NC(=S)Nc2cccc(C(C)=O)c2)c1. The number of rotatable bonds is 5. The number of ether oxygens (including phenoxy) is 2. The molecule has 7 heteroatoms. The number of amides is 1. The summed E-state index contributed by atoms with van der Waals surface area (Å²) < 4.78 is 10.3. The summed E-state index contributed by atoms with van der Waals surface area (Å²) in [6.07, 6.45) is 0. The third-order valence-electron chi connectivity index (χ3n) is 3.37. The lowest BCUT2D eigenvalue weighted by Gasteiger charge is -2.12. The van der Waals surface area contributed by atoms with E-state index in [4.69, 9.17) is 21.7 Å². The Balaban J connectivity index is 2.09. The van der Waals surface area contributed by atoms with E-state index in [1.807, 2.05) is 0 Å². The topological polar surface area (TPSA) is 76.7 Å². The number of carbonyl (C=O) groups excluding carboxylic acids is 2. The molecule has 0 atom stereocenters. The maximum Gasteiger partial charge on any atom is 0.257 e. The lowest BCUT2D eigenvalue weighted by atomic mass is 10.1. The third-order valence-corrected chi connectivity index (χ3v) is 3.57. The molecule has 0 radical (unpaired) electrons. The van der Waals surface area contributed by atoms with Gasteiger partial charge >= 0.3 is 0 Å². The van der Waals surface area contributed by atoms with Crippen molar-refractivity contribution in [2.75, 3.05) is 19.5 Å². The fourth-order valence-corrected chi connectivity index (χ4v) is 2.30. The van der Waals surface area contributed by atoms with Gasteiger partial charge in [-0.15, -0.1) is 0 Å². The Bertz CT molecular complexity index is 798. The maximum atomic E-state index is 12.4. The van der Waals surface area contributed by atoms with Crippen LogP contribution in [0.25, 0.3) is 0 Å². The van der Waals surface area contributed by atoms with Gasteiger partial charge in [0.2, 0.25) is 0 Å². The fourth-order valence-electron chi connectivity index (χ4n) is 2.09. The first-order valence-corrected chi connectivity index (χ1v) is 7.80. The van der Waals surface area contributed by atoms with Crippen molar-refractivity contribution in [3.8, 4) is 11.5 Å². The van der Waals surface area contributed by atoms with Gasteiger partial charge in [0.15, 0.2) is 10.9 Å². The summed E-state index contributed by atoms with van der Waals surface area (Å²) in [7, 11) is 3.01. The maximum absolute atomic E-state index is 12.4. The lowest BCUT2D eigenvalue weighted by molar-refractivity contribution is 0.0975. The number of anilines is 1. The Hall–Kier alpha value is -2.93. The van der Waals surface area contributed by atoms with Gasteiger partial charge in [0, 0.05) is 22.9 Å². The molecule has 2 aromatic rings. The molecule has 2 aromatic carbocycles. The van der Waals surface area contributed by atoms with Crippen molar-refractivity contribution in [3.05, 3.63) is 53.6 Å². The van der Waals surface area contributed by atoms with Crippen molar-refractivity contribution < 1.29 is 19.1 Å². The van der Waals surface area contributed by atoms with E-state index >= 15 is 0 Å². The average molecular weight is 358 g/mol. The number of nitrogens with one attached hydrogen (secondary N) is 2. The Morgan fingerprint density at radius 1 is 0.960 bits per heavy atom. The van der Waals surface area contributed by atoms with Gasteiger partial charge in [-0.05, 0) is 43.4 Å². The van der Waals surface area contributed by atoms with Crippen LogP contribution in [0.4, 0.5) is 5.69 Å². The number of Topliss-reactive ketones (excluding diaryl/α,β-unsaturated/α-hetero) is 1. The summed E-state index contributed by atoms with van der Waals surface area (Å²) in [4.78, 5) is 23.8. The van der Waals surface area contributed by atoms with Crippen LogP contribution in [-0.2, 0) is 0 Å². The largest absolute Gasteiger partial charge is 0.497 e. The van der Waals surface area contributed by atoms with E-state index in [2.05, 4.69) is 10.6 Å². The van der Waals surface area contributed by atoms with Crippen molar-refractivity contribution in [1.82, 2.24) is 5.32 Å². The molecule has 0 aliphatic carbocycles. The first-order valence-electron chi connectivity index (χ1n) is 7.39. The van der Waals surface area contributed by atoms with Crippen LogP contribution in [0.3, 0.4) is 0 Å². The van der Waals surface area contributed by atoms with Crippen LogP contribution in [0.15, 0.2) is 42.5 Å². The van der Waals surface area contributed by atoms with Crippen molar-refractivity contribution in [2.45, 2.75) is 6.92 Å². The third kappa shape index (κ3) is 5.02. The number of hydrogen-bond acceptors (Lipinski definition) is 5. The molecule has 0 aliphatic rings. The Kier molecular flexibility index (Phi) is 6.08. The van der Waals surface area contributed by atoms with Crippen LogP contribution in [-0.4, -0.2) is 31.0 Å². The molecule has 0 heterocycles. The molecule has 0 bridgehead atoms. The van der Waals surface area contributed by atoms with Gasteiger partial charge in [0.1, 0.15) is 11.5 Å². The van der Waals surface area contributed by atoms with Crippen molar-refractivity contribution in [3.63, 3.8) is 0 Å². The van der Waals surface area contributed by atoms with Crippen molar-refractivity contribution >= 4 is 34.7 Å². The van der Waals surface area contributed by atoms with Crippen LogP contribution in [0.2, 0.25) is 0 Å². The molecule has 0 saturated heterocycles. The normalized spacial score (nSPS) is 9.88. The molecule has 0 unspecified atom stereocenters. The monoisotopic (exact) mass is 358 g/mol. The van der Waals surface area contributed by atoms with Crippen LogP contribution in [0.1, 0.15) is 27.6 Å². The number of ketones is 1. The van der Waals surface area contributed by atoms with Gasteiger partial charge in [-0.1, -0.05) is 12.1 Å². The number of methoxy groups -OCH3 is 2. The summed E-state index contributed by atoms with van der Waals surface area (Å²) in [6, 6.07) is 11.7. The number of thiocarbonyl (C=S) groups is 1. The molecule has 1 amide bonds. The van der Waals surface area contributed by atoms with Crippen LogP contribution < -0.4 is 20.1 Å². The molecule has 0 saturated carbocycles. The van der Waals surface area contributed by atoms with E-state index in [9.17, 15) is 9.59 Å². The van der Waals surface area contributed by atoms with E-state index in [0.717, 1.165) is 0 Å². The fraction of sp³-hybridized carbons (Fsp3) is 0.167. The van der Waals surface area contributed by atoms with Gasteiger partial charge < -0.3 is 14.8 Å². The Labute approximate surface area is 151 Å². The summed E-state index contributed by atoms with van der Waals surface area (Å²) in [5.41, 5.74) is 1.51. The predicted octanol–water partition coefficient (Wildman–Crippen LogP) is 3.03. The minimum absolute atomic E-state index is 0.0536. The Morgan fingerprint density at radius 3 is 2.16 bits per heavy atom. The smallest absolute Gasteiger partial charge is 0.257 e. The minimum atomic E-state index is -0.405. The summed E-state index contributed by atoms with van der Waals surface area (Å²) >= 11 is 5.15. The van der Waals surface area contributed by atoms with Gasteiger partial charge in [-0.2, -0.15) is 0 Å². The van der Waals surface area contributed by atoms with Crippen molar-refractivity contribution in [1.29, 1.82) is 0 Å². The molecule has 130 valence electrons. The van der Waals surface area contributed by atoms with Crippen LogP contribution in [0.5, 0.6) is 11.5 Å². The molecule has 0 aromatic heterocycles. The minimum Gasteiger partial charge on any atom is -0.497 e. The molecule has 0 aliphatic heterocycles. The van der Waals surface area contributed by atoms with E-state index in [1.165, 1.54) is 21.1 Å². The van der Waals surface area contributed by atoms with Crippen LogP contribution in [0, 0.1) is 0 Å². The first kappa shape index (κ1) is 18.4. The molecule has 2 rings (SSSR count). The summed E-state index contributed by atoms with van der Waals surface area (Å²) in [5.74, 6) is 0.537. The van der Waals surface area contributed by atoms with E-state index in [1.54, 1.807) is 42.5 Å². The zero-order chi connectivity index (χ0) is 18.4. The number of benzene rings is 2. The molecule has 0 spiro atoms. The van der Waals surface area contributed by atoms with E-state index < -0.39 is 5.91 Å². The van der Waals surface area contributed by atoms with Gasteiger partial charge in [-0.3, -0.25) is 14.9 Å². The van der Waals surface area contributed by atoms with Gasteiger partial charge in [-0.25, -0.2) is 0 Å². The summed E-state index contributed by atoms with van der Waals surface area (Å²) in [5, 5.41) is 5.58. The predicted molar refractivity (Wildman–Crippen MR) is 99.7 cm³/mol. The first-order chi connectivity index (χ1) is 11.9. The van der Waals surface area contributed by atoms with Gasteiger partial charge in [0.05, 0.1) is 14.2 Å². The standard InChI is InChI=1S/C18H18N2O4S/c1-11(21)12-5-4-6-14(7-12)19-18(25)20-17(22)13-8-15(23-2)10-16(9-13)24-3/h4-10H,1-3H3,(H2,19,20,22,25).